The lowest BCUT2D eigenvalue weighted by Crippen LogP contribution is -2.50. The molecule has 6 nitrogen and oxygen atoms in total. The molecule has 132 valence electrons. The predicted octanol–water partition coefficient (Wildman–Crippen LogP) is 2.88. The summed E-state index contributed by atoms with van der Waals surface area (Å²) in [4.78, 5) is 24.0. The molecule has 1 aromatic heterocycles. The smallest absolute Gasteiger partial charge is 0.336 e. The lowest BCUT2D eigenvalue weighted by Gasteiger charge is -2.41. The number of hydrogen-bond acceptors (Lipinski definition) is 6. The first-order valence-electron chi connectivity index (χ1n) is 8.02. The normalized spacial score (nSPS) is 22.2. The summed E-state index contributed by atoms with van der Waals surface area (Å²) < 4.78 is 16.7. The lowest BCUT2D eigenvalue weighted by atomic mass is 9.87. The van der Waals surface area contributed by atoms with Crippen molar-refractivity contribution in [2.75, 3.05) is 0 Å². The summed E-state index contributed by atoms with van der Waals surface area (Å²) in [6.07, 6.45) is -0.524. The summed E-state index contributed by atoms with van der Waals surface area (Å²) in [6.45, 7) is 6.76. The molecule has 1 aromatic carbocycles. The molecule has 2 atom stereocenters. The highest BCUT2D eigenvalue weighted by Crippen LogP contribution is 2.45. The zero-order valence-corrected chi connectivity index (χ0v) is 14.5. The van der Waals surface area contributed by atoms with Crippen molar-refractivity contribution in [2.24, 2.45) is 0 Å². The van der Waals surface area contributed by atoms with Crippen LogP contribution in [0.4, 0.5) is 0 Å². The summed E-state index contributed by atoms with van der Waals surface area (Å²) in [5.74, 6) is -0.140. The maximum Gasteiger partial charge on any atom is 0.336 e. The van der Waals surface area contributed by atoms with E-state index in [4.69, 9.17) is 13.9 Å². The summed E-state index contributed by atoms with van der Waals surface area (Å²) in [5.41, 5.74) is -0.491. The number of benzene rings is 1. The van der Waals surface area contributed by atoms with Crippen LogP contribution in [-0.2, 0) is 9.53 Å². The molecule has 0 spiro atoms. The Hall–Kier alpha value is -2.60. The van der Waals surface area contributed by atoms with E-state index in [1.54, 1.807) is 52.0 Å². The Balaban J connectivity index is 2.22. The highest BCUT2D eigenvalue weighted by Gasteiger charge is 2.46. The van der Waals surface area contributed by atoms with E-state index >= 15 is 0 Å². The molecule has 0 radical (unpaired) electrons. The molecule has 0 saturated carbocycles. The van der Waals surface area contributed by atoms with Crippen molar-refractivity contribution in [1.82, 2.24) is 0 Å². The Kier molecular flexibility index (Phi) is 4.16. The zero-order chi connectivity index (χ0) is 18.4. The Morgan fingerprint density at radius 2 is 1.96 bits per heavy atom. The molecular weight excluding hydrogens is 324 g/mol. The first-order chi connectivity index (χ1) is 11.7. The molecule has 2 heterocycles. The standard InChI is InChI=1S/C19H20O6/c1-5-10(2)18(22)24-16-14-12(25-19(3,4)17(16)21)8-6-11-7-9-13(20)23-15(11)14/h5-9,16-17,21H,1-4H3/b10-5+. The fourth-order valence-electron chi connectivity index (χ4n) is 2.81. The van der Waals surface area contributed by atoms with Gasteiger partial charge < -0.3 is 19.0 Å². The third-order valence-electron chi connectivity index (χ3n) is 4.43. The maximum atomic E-state index is 12.3. The zero-order valence-electron chi connectivity index (χ0n) is 14.5. The van der Waals surface area contributed by atoms with Gasteiger partial charge in [-0.15, -0.1) is 0 Å². The quantitative estimate of drug-likeness (QED) is 0.512. The second-order valence-corrected chi connectivity index (χ2v) is 6.60. The number of fused-ring (bicyclic) bond motifs is 3. The number of rotatable bonds is 2. The van der Waals surface area contributed by atoms with Crippen LogP contribution in [-0.4, -0.2) is 22.8 Å². The Morgan fingerprint density at radius 1 is 1.28 bits per heavy atom. The number of carbonyl (C=O) groups is 1. The van der Waals surface area contributed by atoms with E-state index in [9.17, 15) is 14.7 Å². The molecule has 6 heteroatoms. The molecule has 3 rings (SSSR count). The van der Waals surface area contributed by atoms with Crippen LogP contribution in [0.1, 0.15) is 39.4 Å². The average Bonchev–Trinajstić information content (AvgIpc) is 2.57. The first-order valence-corrected chi connectivity index (χ1v) is 8.02. The van der Waals surface area contributed by atoms with Crippen molar-refractivity contribution >= 4 is 16.9 Å². The van der Waals surface area contributed by atoms with Gasteiger partial charge in [-0.05, 0) is 45.9 Å². The van der Waals surface area contributed by atoms with E-state index in [0.717, 1.165) is 0 Å². The van der Waals surface area contributed by atoms with Gasteiger partial charge in [-0.2, -0.15) is 0 Å². The van der Waals surface area contributed by atoms with Gasteiger partial charge in [0.25, 0.3) is 0 Å². The van der Waals surface area contributed by atoms with Gasteiger partial charge in [-0.3, -0.25) is 0 Å². The van der Waals surface area contributed by atoms with Gasteiger partial charge in [0.15, 0.2) is 6.10 Å². The van der Waals surface area contributed by atoms with Gasteiger partial charge in [0.2, 0.25) is 0 Å². The minimum atomic E-state index is -1.13. The summed E-state index contributed by atoms with van der Waals surface area (Å²) in [5, 5.41) is 11.4. The van der Waals surface area contributed by atoms with E-state index in [2.05, 4.69) is 0 Å². The molecule has 25 heavy (non-hydrogen) atoms. The SMILES string of the molecule is C/C=C(\C)C(=O)OC1c2c(ccc3ccc(=O)oc23)OC(C)(C)C1O. The van der Waals surface area contributed by atoms with Crippen LogP contribution in [0.3, 0.4) is 0 Å². The third kappa shape index (κ3) is 2.93. The van der Waals surface area contributed by atoms with Crippen LogP contribution in [0.25, 0.3) is 11.0 Å². The van der Waals surface area contributed by atoms with E-state index in [-0.39, 0.29) is 5.58 Å². The third-order valence-corrected chi connectivity index (χ3v) is 4.43. The number of carbonyl (C=O) groups excluding carboxylic acids is 1. The second kappa shape index (κ2) is 6.04. The molecule has 1 N–H and O–H groups in total. The molecule has 0 saturated heterocycles. The maximum absolute atomic E-state index is 12.3. The van der Waals surface area contributed by atoms with Crippen molar-refractivity contribution in [3.8, 4) is 5.75 Å². The molecule has 0 fully saturated rings. The molecule has 1 aliphatic rings. The van der Waals surface area contributed by atoms with Gasteiger partial charge in [0.05, 0.1) is 5.56 Å². The Morgan fingerprint density at radius 3 is 2.64 bits per heavy atom. The monoisotopic (exact) mass is 344 g/mol. The summed E-state index contributed by atoms with van der Waals surface area (Å²) >= 11 is 0. The highest BCUT2D eigenvalue weighted by molar-refractivity contribution is 5.89. The van der Waals surface area contributed by atoms with E-state index in [0.29, 0.717) is 22.3 Å². The van der Waals surface area contributed by atoms with Crippen LogP contribution >= 0.6 is 0 Å². The van der Waals surface area contributed by atoms with Crippen LogP contribution < -0.4 is 10.4 Å². The van der Waals surface area contributed by atoms with Crippen LogP contribution in [0.2, 0.25) is 0 Å². The van der Waals surface area contributed by atoms with Crippen LogP contribution in [0.5, 0.6) is 5.75 Å². The Bertz CT molecular complexity index is 921. The highest BCUT2D eigenvalue weighted by atomic mass is 16.6. The van der Waals surface area contributed by atoms with E-state index < -0.39 is 29.4 Å². The largest absolute Gasteiger partial charge is 0.484 e. The number of aliphatic hydroxyl groups excluding tert-OH is 1. The first kappa shape index (κ1) is 17.2. The molecular formula is C19H20O6. The molecule has 0 aliphatic carbocycles. The van der Waals surface area contributed by atoms with Crippen molar-refractivity contribution in [1.29, 1.82) is 0 Å². The fourth-order valence-corrected chi connectivity index (χ4v) is 2.81. The number of hydrogen-bond donors (Lipinski definition) is 1. The molecule has 1 aliphatic heterocycles. The fraction of sp³-hybridized carbons (Fsp3) is 0.368. The van der Waals surface area contributed by atoms with Crippen molar-refractivity contribution in [2.45, 2.75) is 45.5 Å². The van der Waals surface area contributed by atoms with Gasteiger partial charge in [0.1, 0.15) is 23.0 Å². The molecule has 0 amide bonds. The Labute approximate surface area is 144 Å². The molecule has 2 unspecified atom stereocenters. The van der Waals surface area contributed by atoms with Gasteiger partial charge in [0, 0.05) is 17.0 Å². The number of ether oxygens (including phenoxy) is 2. The van der Waals surface area contributed by atoms with Gasteiger partial charge in [-0.1, -0.05) is 6.08 Å². The van der Waals surface area contributed by atoms with E-state index in [1.165, 1.54) is 6.07 Å². The number of aliphatic hydroxyl groups is 1. The number of allylic oxidation sites excluding steroid dienone is 1. The topological polar surface area (TPSA) is 86.0 Å². The summed E-state index contributed by atoms with van der Waals surface area (Å²) in [7, 11) is 0. The summed E-state index contributed by atoms with van der Waals surface area (Å²) in [6, 6.07) is 6.39. The second-order valence-electron chi connectivity index (χ2n) is 6.60. The predicted molar refractivity (Wildman–Crippen MR) is 91.5 cm³/mol. The molecule has 0 bridgehead atoms. The van der Waals surface area contributed by atoms with Gasteiger partial charge in [-0.25, -0.2) is 9.59 Å². The van der Waals surface area contributed by atoms with Crippen molar-refractivity contribution in [3.05, 3.63) is 51.9 Å². The lowest BCUT2D eigenvalue weighted by molar-refractivity contribution is -0.166. The average molecular weight is 344 g/mol. The minimum absolute atomic E-state index is 0.246. The van der Waals surface area contributed by atoms with Crippen LogP contribution in [0.15, 0.2) is 45.1 Å². The minimum Gasteiger partial charge on any atom is -0.484 e. The van der Waals surface area contributed by atoms with Crippen molar-refractivity contribution in [3.63, 3.8) is 0 Å². The van der Waals surface area contributed by atoms with Crippen molar-refractivity contribution < 1.29 is 23.8 Å². The van der Waals surface area contributed by atoms with E-state index in [1.807, 2.05) is 0 Å². The number of esters is 1. The van der Waals surface area contributed by atoms with Crippen LogP contribution in [0, 0.1) is 0 Å². The molecule has 2 aromatic rings. The van der Waals surface area contributed by atoms with Gasteiger partial charge >= 0.3 is 11.6 Å².